The van der Waals surface area contributed by atoms with Crippen molar-refractivity contribution in [3.05, 3.63) is 18.0 Å². The number of nitrogens with two attached hydrogens (primary N) is 1. The molecule has 0 fully saturated rings. The number of aliphatic hydroxyl groups is 1. The zero-order valence-corrected chi connectivity index (χ0v) is 10.6. The van der Waals surface area contributed by atoms with Gasteiger partial charge in [-0.05, 0) is 25.8 Å². The molecule has 0 aliphatic rings. The number of carbonyl (C=O) groups is 1. The second kappa shape index (κ2) is 5.72. The van der Waals surface area contributed by atoms with Crippen LogP contribution in [0.5, 0.6) is 0 Å². The molecule has 0 saturated carbocycles. The van der Waals surface area contributed by atoms with E-state index in [9.17, 15) is 4.79 Å². The van der Waals surface area contributed by atoms with E-state index in [0.29, 0.717) is 17.9 Å². The third-order valence-corrected chi connectivity index (χ3v) is 2.58. The summed E-state index contributed by atoms with van der Waals surface area (Å²) in [5, 5.41) is 11.7. The molecule has 0 aliphatic heterocycles. The summed E-state index contributed by atoms with van der Waals surface area (Å²) in [7, 11) is 0. The summed E-state index contributed by atoms with van der Waals surface area (Å²) in [6.07, 6.45) is 1.76. The fourth-order valence-corrected chi connectivity index (χ4v) is 1.53. The number of rotatable bonds is 5. The molecule has 17 heavy (non-hydrogen) atoms. The number of nitrogens with one attached hydrogen (secondary N) is 1. The van der Waals surface area contributed by atoms with E-state index in [-0.39, 0.29) is 24.5 Å². The van der Waals surface area contributed by atoms with E-state index < -0.39 is 0 Å². The molecule has 0 saturated heterocycles. The minimum absolute atomic E-state index is 0.0544. The van der Waals surface area contributed by atoms with Gasteiger partial charge in [-0.1, -0.05) is 6.92 Å². The maximum atomic E-state index is 11.9. The van der Waals surface area contributed by atoms with Crippen LogP contribution in [0.25, 0.3) is 0 Å². The SMILES string of the molecule is CC(CO)CNC(=O)c1cc(N)cn1C(C)C. The van der Waals surface area contributed by atoms with Gasteiger partial charge in [-0.25, -0.2) is 0 Å². The molecule has 0 aliphatic carbocycles. The van der Waals surface area contributed by atoms with Crippen molar-refractivity contribution in [3.8, 4) is 0 Å². The molecule has 1 aromatic rings. The minimum Gasteiger partial charge on any atom is -0.397 e. The van der Waals surface area contributed by atoms with Gasteiger partial charge in [-0.2, -0.15) is 0 Å². The highest BCUT2D eigenvalue weighted by molar-refractivity contribution is 5.93. The Balaban J connectivity index is 2.74. The molecule has 5 nitrogen and oxygen atoms in total. The van der Waals surface area contributed by atoms with E-state index in [2.05, 4.69) is 5.32 Å². The molecule has 0 spiro atoms. The summed E-state index contributed by atoms with van der Waals surface area (Å²) >= 11 is 0. The van der Waals surface area contributed by atoms with Crippen molar-refractivity contribution in [3.63, 3.8) is 0 Å². The van der Waals surface area contributed by atoms with Crippen LogP contribution in [-0.2, 0) is 0 Å². The molecule has 5 heteroatoms. The number of hydrogen-bond donors (Lipinski definition) is 3. The van der Waals surface area contributed by atoms with Gasteiger partial charge in [0, 0.05) is 25.4 Å². The lowest BCUT2D eigenvalue weighted by molar-refractivity contribution is 0.0931. The van der Waals surface area contributed by atoms with E-state index in [1.54, 1.807) is 12.3 Å². The highest BCUT2D eigenvalue weighted by Gasteiger charge is 2.15. The van der Waals surface area contributed by atoms with E-state index in [1.807, 2.05) is 25.3 Å². The number of nitrogens with zero attached hydrogens (tertiary/aromatic N) is 1. The number of aliphatic hydroxyl groups excluding tert-OH is 1. The standard InChI is InChI=1S/C12H21N3O2/c1-8(2)15-6-10(13)4-11(15)12(17)14-5-9(3)7-16/h4,6,8-9,16H,5,7,13H2,1-3H3,(H,14,17). The molecule has 0 aromatic carbocycles. The van der Waals surface area contributed by atoms with Crippen molar-refractivity contribution >= 4 is 11.6 Å². The van der Waals surface area contributed by atoms with Crippen LogP contribution in [0.2, 0.25) is 0 Å². The summed E-state index contributed by atoms with van der Waals surface area (Å²) < 4.78 is 1.84. The van der Waals surface area contributed by atoms with Gasteiger partial charge < -0.3 is 20.7 Å². The van der Waals surface area contributed by atoms with Gasteiger partial charge in [-0.3, -0.25) is 4.79 Å². The van der Waals surface area contributed by atoms with Crippen molar-refractivity contribution in [1.82, 2.24) is 9.88 Å². The third-order valence-electron chi connectivity index (χ3n) is 2.58. The smallest absolute Gasteiger partial charge is 0.268 e. The summed E-state index contributed by atoms with van der Waals surface area (Å²) in [6, 6.07) is 1.85. The molecular formula is C12H21N3O2. The molecule has 0 radical (unpaired) electrons. The minimum atomic E-state index is -0.157. The Labute approximate surface area is 102 Å². The van der Waals surface area contributed by atoms with Gasteiger partial charge in [0.2, 0.25) is 0 Å². The zero-order valence-electron chi connectivity index (χ0n) is 10.6. The number of anilines is 1. The predicted octanol–water partition coefficient (Wildman–Crippen LogP) is 1.01. The molecule has 4 N–H and O–H groups in total. The van der Waals surface area contributed by atoms with Crippen LogP contribution in [0, 0.1) is 5.92 Å². The zero-order chi connectivity index (χ0) is 13.0. The van der Waals surface area contributed by atoms with E-state index in [1.165, 1.54) is 0 Å². The second-order valence-electron chi connectivity index (χ2n) is 4.66. The average molecular weight is 239 g/mol. The fraction of sp³-hybridized carbons (Fsp3) is 0.583. The first-order chi connectivity index (χ1) is 7.95. The largest absolute Gasteiger partial charge is 0.397 e. The monoisotopic (exact) mass is 239 g/mol. The fourth-order valence-electron chi connectivity index (χ4n) is 1.53. The van der Waals surface area contributed by atoms with Gasteiger partial charge in [0.05, 0.1) is 5.69 Å². The third kappa shape index (κ3) is 3.49. The number of nitrogen functional groups attached to an aromatic ring is 1. The van der Waals surface area contributed by atoms with Crippen LogP contribution in [0.4, 0.5) is 5.69 Å². The molecular weight excluding hydrogens is 218 g/mol. The first-order valence-electron chi connectivity index (χ1n) is 5.82. The molecule has 1 rings (SSSR count). The summed E-state index contributed by atoms with van der Waals surface area (Å²) in [6.45, 7) is 6.38. The normalized spacial score (nSPS) is 12.8. The molecule has 1 unspecified atom stereocenters. The first-order valence-corrected chi connectivity index (χ1v) is 5.82. The Morgan fingerprint density at radius 2 is 2.18 bits per heavy atom. The molecule has 1 atom stereocenters. The highest BCUT2D eigenvalue weighted by atomic mass is 16.3. The molecule has 1 aromatic heterocycles. The maximum absolute atomic E-state index is 11.9. The van der Waals surface area contributed by atoms with Gasteiger partial charge in [0.25, 0.3) is 5.91 Å². The van der Waals surface area contributed by atoms with Crippen LogP contribution in [-0.4, -0.2) is 28.7 Å². The van der Waals surface area contributed by atoms with Crippen LogP contribution in [0.15, 0.2) is 12.3 Å². The second-order valence-corrected chi connectivity index (χ2v) is 4.66. The highest BCUT2D eigenvalue weighted by Crippen LogP contribution is 2.16. The van der Waals surface area contributed by atoms with Crippen LogP contribution >= 0.6 is 0 Å². The van der Waals surface area contributed by atoms with Crippen LogP contribution < -0.4 is 11.1 Å². The van der Waals surface area contributed by atoms with Gasteiger partial charge in [-0.15, -0.1) is 0 Å². The van der Waals surface area contributed by atoms with Crippen LogP contribution in [0.3, 0.4) is 0 Å². The molecule has 96 valence electrons. The quantitative estimate of drug-likeness (QED) is 0.717. The molecule has 1 heterocycles. The van der Waals surface area contributed by atoms with Crippen molar-refractivity contribution in [2.24, 2.45) is 5.92 Å². The summed E-state index contributed by atoms with van der Waals surface area (Å²) in [5.74, 6) is -0.102. The average Bonchev–Trinajstić information content (AvgIpc) is 2.67. The van der Waals surface area contributed by atoms with E-state index in [4.69, 9.17) is 10.8 Å². The summed E-state index contributed by atoms with van der Waals surface area (Å²) in [4.78, 5) is 11.9. The number of hydrogen-bond acceptors (Lipinski definition) is 3. The summed E-state index contributed by atoms with van der Waals surface area (Å²) in [5.41, 5.74) is 6.84. The van der Waals surface area contributed by atoms with Gasteiger partial charge in [0.15, 0.2) is 0 Å². The Hall–Kier alpha value is -1.49. The lowest BCUT2D eigenvalue weighted by atomic mass is 10.2. The maximum Gasteiger partial charge on any atom is 0.268 e. The lowest BCUT2D eigenvalue weighted by Gasteiger charge is -2.14. The Morgan fingerprint density at radius 3 is 2.71 bits per heavy atom. The number of amides is 1. The lowest BCUT2D eigenvalue weighted by Crippen LogP contribution is -2.31. The van der Waals surface area contributed by atoms with Crippen molar-refractivity contribution in [1.29, 1.82) is 0 Å². The van der Waals surface area contributed by atoms with E-state index >= 15 is 0 Å². The molecule has 0 bridgehead atoms. The van der Waals surface area contributed by atoms with Crippen molar-refractivity contribution in [2.75, 3.05) is 18.9 Å². The number of carbonyl (C=O) groups excluding carboxylic acids is 1. The number of aromatic nitrogens is 1. The Bertz CT molecular complexity index is 385. The van der Waals surface area contributed by atoms with E-state index in [0.717, 1.165) is 0 Å². The van der Waals surface area contributed by atoms with Gasteiger partial charge >= 0.3 is 0 Å². The Morgan fingerprint density at radius 1 is 1.53 bits per heavy atom. The topological polar surface area (TPSA) is 80.3 Å². The predicted molar refractivity (Wildman–Crippen MR) is 67.8 cm³/mol. The Kier molecular flexibility index (Phi) is 4.57. The van der Waals surface area contributed by atoms with Gasteiger partial charge in [0.1, 0.15) is 5.69 Å². The van der Waals surface area contributed by atoms with Crippen molar-refractivity contribution < 1.29 is 9.90 Å². The molecule has 1 amide bonds. The first kappa shape index (κ1) is 13.6. The van der Waals surface area contributed by atoms with Crippen molar-refractivity contribution in [2.45, 2.75) is 26.8 Å². The van der Waals surface area contributed by atoms with Crippen LogP contribution in [0.1, 0.15) is 37.3 Å².